The van der Waals surface area contributed by atoms with Gasteiger partial charge < -0.3 is 10.2 Å². The Balaban J connectivity index is 2.42. The van der Waals surface area contributed by atoms with Gasteiger partial charge in [-0.2, -0.15) is 0 Å². The summed E-state index contributed by atoms with van der Waals surface area (Å²) in [5.41, 5.74) is 1.63. The van der Waals surface area contributed by atoms with Crippen LogP contribution in [0.4, 0.5) is 5.69 Å². The van der Waals surface area contributed by atoms with Gasteiger partial charge in [0.1, 0.15) is 6.04 Å². The topological polar surface area (TPSA) is 49.4 Å². The van der Waals surface area contributed by atoms with Crippen molar-refractivity contribution >= 4 is 29.1 Å². The molecule has 0 aromatic heterocycles. The van der Waals surface area contributed by atoms with Crippen LogP contribution in [-0.2, 0) is 9.59 Å². The van der Waals surface area contributed by atoms with Crippen LogP contribution in [-0.4, -0.2) is 24.4 Å². The molecule has 1 aromatic carbocycles. The van der Waals surface area contributed by atoms with Crippen molar-refractivity contribution in [2.45, 2.75) is 26.3 Å². The molecule has 1 heterocycles. The summed E-state index contributed by atoms with van der Waals surface area (Å²) in [5.74, 6) is -0.236. The predicted octanol–water partition coefficient (Wildman–Crippen LogP) is 1.89. The zero-order valence-corrected chi connectivity index (χ0v) is 11.1. The fraction of sp³-hybridized carbons (Fsp3) is 0.385. The molecule has 1 fully saturated rings. The van der Waals surface area contributed by atoms with E-state index in [0.29, 0.717) is 23.7 Å². The maximum atomic E-state index is 12.2. The first kappa shape index (κ1) is 12.9. The van der Waals surface area contributed by atoms with Crippen molar-refractivity contribution in [2.75, 3.05) is 11.4 Å². The third-order valence-electron chi connectivity index (χ3n) is 3.03. The number of anilines is 1. The predicted molar refractivity (Wildman–Crippen MR) is 70.8 cm³/mol. The number of amides is 2. The van der Waals surface area contributed by atoms with E-state index in [4.69, 9.17) is 11.6 Å². The monoisotopic (exact) mass is 266 g/mol. The maximum Gasteiger partial charge on any atom is 0.249 e. The highest BCUT2D eigenvalue weighted by Crippen LogP contribution is 2.30. The van der Waals surface area contributed by atoms with E-state index in [1.807, 2.05) is 19.1 Å². The second-order valence-corrected chi connectivity index (χ2v) is 4.84. The molecule has 1 aliphatic heterocycles. The summed E-state index contributed by atoms with van der Waals surface area (Å²) in [6, 6.07) is 4.98. The van der Waals surface area contributed by atoms with Crippen molar-refractivity contribution in [2.24, 2.45) is 0 Å². The Labute approximate surface area is 111 Å². The van der Waals surface area contributed by atoms with Crippen molar-refractivity contribution < 1.29 is 9.59 Å². The summed E-state index contributed by atoms with van der Waals surface area (Å²) in [6.45, 7) is 3.95. The number of hydrogen-bond acceptors (Lipinski definition) is 2. The molecule has 1 aromatic rings. The first-order valence-corrected chi connectivity index (χ1v) is 6.24. The molecule has 18 heavy (non-hydrogen) atoms. The van der Waals surface area contributed by atoms with Gasteiger partial charge in [-0.1, -0.05) is 23.7 Å². The number of nitrogens with one attached hydrogen (secondary N) is 1. The van der Waals surface area contributed by atoms with Crippen LogP contribution >= 0.6 is 11.6 Å². The molecular weight excluding hydrogens is 252 g/mol. The van der Waals surface area contributed by atoms with Crippen molar-refractivity contribution in [3.05, 3.63) is 28.8 Å². The molecule has 2 amide bonds. The molecule has 1 N–H and O–H groups in total. The number of hydrogen-bond donors (Lipinski definition) is 1. The molecule has 5 heteroatoms. The maximum absolute atomic E-state index is 12.2. The van der Waals surface area contributed by atoms with Gasteiger partial charge in [0.25, 0.3) is 0 Å². The molecule has 0 saturated carbocycles. The Kier molecular flexibility index (Phi) is 3.57. The van der Waals surface area contributed by atoms with Crippen LogP contribution in [0.25, 0.3) is 0 Å². The van der Waals surface area contributed by atoms with E-state index in [2.05, 4.69) is 5.32 Å². The summed E-state index contributed by atoms with van der Waals surface area (Å²) >= 11 is 6.17. The van der Waals surface area contributed by atoms with E-state index in [-0.39, 0.29) is 11.8 Å². The summed E-state index contributed by atoms with van der Waals surface area (Å²) in [6.07, 6.45) is 0.292. The second-order valence-electron chi connectivity index (χ2n) is 4.43. The third kappa shape index (κ3) is 2.34. The molecule has 0 bridgehead atoms. The number of para-hydroxylation sites is 1. The molecule has 1 aliphatic rings. The fourth-order valence-electron chi connectivity index (χ4n) is 2.12. The third-order valence-corrected chi connectivity index (χ3v) is 3.34. The lowest BCUT2D eigenvalue weighted by molar-refractivity contribution is -0.125. The molecular formula is C13H15ClN2O2. The van der Waals surface area contributed by atoms with Gasteiger partial charge >= 0.3 is 0 Å². The second kappa shape index (κ2) is 4.98. The summed E-state index contributed by atoms with van der Waals surface area (Å²) < 4.78 is 0. The molecule has 1 saturated heterocycles. The number of benzene rings is 1. The van der Waals surface area contributed by atoms with E-state index >= 15 is 0 Å². The largest absolute Gasteiger partial charge is 0.345 e. The van der Waals surface area contributed by atoms with E-state index in [9.17, 15) is 9.59 Å². The van der Waals surface area contributed by atoms with Crippen LogP contribution in [0.15, 0.2) is 18.2 Å². The number of rotatable bonds is 1. The number of halogens is 1. The fourth-order valence-corrected chi connectivity index (χ4v) is 2.44. The Morgan fingerprint density at radius 2 is 2.11 bits per heavy atom. The van der Waals surface area contributed by atoms with Crippen LogP contribution in [0.1, 0.15) is 18.9 Å². The molecule has 0 aliphatic carbocycles. The molecule has 4 nitrogen and oxygen atoms in total. The summed E-state index contributed by atoms with van der Waals surface area (Å²) in [5, 5.41) is 3.19. The molecule has 1 unspecified atom stereocenters. The van der Waals surface area contributed by atoms with Crippen LogP contribution in [0.2, 0.25) is 5.02 Å². The SMILES string of the molecule is Cc1cccc(Cl)c1N1CCC(=O)NC(C)C1=O. The highest BCUT2D eigenvalue weighted by atomic mass is 35.5. The Hall–Kier alpha value is -1.55. The molecule has 0 radical (unpaired) electrons. The molecule has 1 atom stereocenters. The van der Waals surface area contributed by atoms with E-state index in [0.717, 1.165) is 5.56 Å². The van der Waals surface area contributed by atoms with Gasteiger partial charge in [0, 0.05) is 13.0 Å². The zero-order chi connectivity index (χ0) is 13.3. The minimum Gasteiger partial charge on any atom is -0.345 e. The molecule has 96 valence electrons. The number of carbonyl (C=O) groups excluding carboxylic acids is 2. The van der Waals surface area contributed by atoms with Crippen molar-refractivity contribution in [3.8, 4) is 0 Å². The minimum atomic E-state index is -0.518. The average Bonchev–Trinajstić information content (AvgIpc) is 2.42. The number of carbonyl (C=O) groups is 2. The van der Waals surface area contributed by atoms with Gasteiger partial charge in [-0.25, -0.2) is 0 Å². The Morgan fingerprint density at radius 1 is 1.39 bits per heavy atom. The Bertz CT molecular complexity index is 482. The van der Waals surface area contributed by atoms with Gasteiger partial charge in [0.05, 0.1) is 10.7 Å². The quantitative estimate of drug-likeness (QED) is 0.844. The van der Waals surface area contributed by atoms with Gasteiger partial charge in [0.15, 0.2) is 0 Å². The lowest BCUT2D eigenvalue weighted by atomic mass is 10.1. The van der Waals surface area contributed by atoms with Crippen LogP contribution in [0.5, 0.6) is 0 Å². The van der Waals surface area contributed by atoms with Gasteiger partial charge in [0.2, 0.25) is 11.8 Å². The highest BCUT2D eigenvalue weighted by molar-refractivity contribution is 6.34. The van der Waals surface area contributed by atoms with E-state index < -0.39 is 6.04 Å². The Morgan fingerprint density at radius 3 is 2.78 bits per heavy atom. The van der Waals surface area contributed by atoms with Gasteiger partial charge in [-0.05, 0) is 25.5 Å². The average molecular weight is 267 g/mol. The standard InChI is InChI=1S/C13H15ClN2O2/c1-8-4-3-5-10(14)12(8)16-7-6-11(17)15-9(2)13(16)18/h3-5,9H,6-7H2,1-2H3,(H,15,17). The minimum absolute atomic E-state index is 0.108. The molecule has 2 rings (SSSR count). The summed E-state index contributed by atoms with van der Waals surface area (Å²) in [4.78, 5) is 25.3. The normalized spacial score (nSPS) is 20.6. The van der Waals surface area contributed by atoms with E-state index in [1.165, 1.54) is 0 Å². The first-order valence-electron chi connectivity index (χ1n) is 5.86. The smallest absolute Gasteiger partial charge is 0.249 e. The van der Waals surface area contributed by atoms with Crippen molar-refractivity contribution in [1.82, 2.24) is 5.32 Å². The van der Waals surface area contributed by atoms with E-state index in [1.54, 1.807) is 17.9 Å². The number of nitrogens with zero attached hydrogens (tertiary/aromatic N) is 1. The zero-order valence-electron chi connectivity index (χ0n) is 10.4. The summed E-state index contributed by atoms with van der Waals surface area (Å²) in [7, 11) is 0. The highest BCUT2D eigenvalue weighted by Gasteiger charge is 2.29. The van der Waals surface area contributed by atoms with Crippen molar-refractivity contribution in [3.63, 3.8) is 0 Å². The van der Waals surface area contributed by atoms with Crippen LogP contribution in [0, 0.1) is 6.92 Å². The lowest BCUT2D eigenvalue weighted by Gasteiger charge is -2.25. The van der Waals surface area contributed by atoms with Gasteiger partial charge in [-0.3, -0.25) is 9.59 Å². The van der Waals surface area contributed by atoms with Crippen LogP contribution < -0.4 is 10.2 Å². The first-order chi connectivity index (χ1) is 8.50. The lowest BCUT2D eigenvalue weighted by Crippen LogP contribution is -2.43. The van der Waals surface area contributed by atoms with Gasteiger partial charge in [-0.15, -0.1) is 0 Å². The van der Waals surface area contributed by atoms with Crippen molar-refractivity contribution in [1.29, 1.82) is 0 Å². The molecule has 0 spiro atoms. The number of aryl methyl sites for hydroxylation is 1. The van der Waals surface area contributed by atoms with Crippen LogP contribution in [0.3, 0.4) is 0 Å².